The Balaban J connectivity index is 1.09. The summed E-state index contributed by atoms with van der Waals surface area (Å²) in [5, 5.41) is 7.24. The second-order valence-corrected chi connectivity index (χ2v) is 15.4. The van der Waals surface area contributed by atoms with Crippen molar-refractivity contribution in [2.75, 3.05) is 4.90 Å². The highest BCUT2D eigenvalue weighted by molar-refractivity contribution is 6.10. The van der Waals surface area contributed by atoms with Crippen LogP contribution in [0.5, 0.6) is 0 Å². The Bertz CT molecular complexity index is 3230. The van der Waals surface area contributed by atoms with E-state index in [0.717, 1.165) is 66.8 Å². The molecule has 0 aliphatic carbocycles. The van der Waals surface area contributed by atoms with Crippen molar-refractivity contribution in [3.63, 3.8) is 0 Å². The van der Waals surface area contributed by atoms with Crippen molar-refractivity contribution >= 4 is 60.5 Å². The number of nitrogens with zero attached hydrogens (tertiary/aromatic N) is 1. The predicted octanol–water partition coefficient (Wildman–Crippen LogP) is 16.6. The Morgan fingerprint density at radius 3 is 1.68 bits per heavy atom. The number of para-hydroxylation sites is 2. The van der Waals surface area contributed by atoms with Crippen molar-refractivity contribution in [1.82, 2.24) is 0 Å². The molecule has 10 rings (SSSR count). The zero-order chi connectivity index (χ0) is 40.6. The molecule has 0 fully saturated rings. The van der Waals surface area contributed by atoms with Gasteiger partial charge in [0.15, 0.2) is 0 Å². The molecular weight excluding hydrogens is 727 g/mol. The van der Waals surface area contributed by atoms with E-state index >= 15 is 0 Å². The lowest BCUT2D eigenvalue weighted by molar-refractivity contribution is 0.670. The molecule has 0 aliphatic heterocycles. The average molecular weight is 770 g/mol. The molecule has 0 bridgehead atoms. The molecule has 1 heterocycles. The number of hydrogen-bond donors (Lipinski definition) is 0. The van der Waals surface area contributed by atoms with Gasteiger partial charge in [-0.05, 0) is 103 Å². The first kappa shape index (κ1) is 36.6. The number of benzene rings is 9. The third-order valence-electron chi connectivity index (χ3n) is 11.9. The van der Waals surface area contributed by atoms with Crippen molar-refractivity contribution in [2.24, 2.45) is 5.92 Å². The van der Waals surface area contributed by atoms with Gasteiger partial charge in [0, 0.05) is 45.2 Å². The standard InChI is InChI=1S/C58H43NO/c1-4-39(5-2)51(6-3)47-19-11-16-43(35-47)44-17-12-20-49(36-44)59(48-33-31-41(32-34-48)53-24-14-25-55-54-23-9-10-26-57(54)60-58(53)55)50-21-13-18-45(37-50)46-30-29-42-28-27-40-15-7-8-22-52(40)56(42)38-46/h4-39,51H,1-3H2. The molecule has 0 saturated heterocycles. The number of anilines is 3. The lowest BCUT2D eigenvalue weighted by atomic mass is 9.85. The van der Waals surface area contributed by atoms with Crippen LogP contribution in [0.25, 0.3) is 76.9 Å². The third kappa shape index (κ3) is 6.59. The van der Waals surface area contributed by atoms with Gasteiger partial charge in [-0.25, -0.2) is 0 Å². The van der Waals surface area contributed by atoms with Crippen LogP contribution in [-0.2, 0) is 0 Å². The number of allylic oxidation sites excluding steroid dienone is 3. The van der Waals surface area contributed by atoms with Gasteiger partial charge < -0.3 is 9.32 Å². The molecule has 0 spiro atoms. The maximum atomic E-state index is 6.45. The monoisotopic (exact) mass is 769 g/mol. The summed E-state index contributed by atoms with van der Waals surface area (Å²) in [6, 6.07) is 69.9. The Morgan fingerprint density at radius 1 is 0.400 bits per heavy atom. The number of hydrogen-bond acceptors (Lipinski definition) is 2. The SMILES string of the molecule is C=CC(C=C)C(C=C)c1cccc(-c2cccc(N(c3ccc(-c4cccc5c4oc4ccccc45)cc3)c3cccc(-c4ccc5ccc6ccccc6c5c4)c3)c2)c1. The van der Waals surface area contributed by atoms with E-state index in [2.05, 4.69) is 207 Å². The van der Waals surface area contributed by atoms with Crippen LogP contribution in [0.3, 0.4) is 0 Å². The predicted molar refractivity (Wildman–Crippen MR) is 257 cm³/mol. The van der Waals surface area contributed by atoms with Crippen LogP contribution in [0.4, 0.5) is 17.1 Å². The summed E-state index contributed by atoms with van der Waals surface area (Å²) in [5.41, 5.74) is 12.9. The fourth-order valence-corrected chi connectivity index (χ4v) is 8.87. The first-order chi connectivity index (χ1) is 29.6. The van der Waals surface area contributed by atoms with Crippen molar-refractivity contribution < 1.29 is 4.42 Å². The van der Waals surface area contributed by atoms with Gasteiger partial charge in [-0.1, -0.05) is 164 Å². The first-order valence-electron chi connectivity index (χ1n) is 20.5. The molecule has 0 amide bonds. The molecule has 2 heteroatoms. The molecule has 1 atom stereocenters. The van der Waals surface area contributed by atoms with E-state index in [-0.39, 0.29) is 11.8 Å². The van der Waals surface area contributed by atoms with Gasteiger partial charge >= 0.3 is 0 Å². The highest BCUT2D eigenvalue weighted by Crippen LogP contribution is 2.42. The summed E-state index contributed by atoms with van der Waals surface area (Å²) >= 11 is 0. The topological polar surface area (TPSA) is 16.4 Å². The van der Waals surface area contributed by atoms with E-state index in [1.807, 2.05) is 30.4 Å². The quantitative estimate of drug-likeness (QED) is 0.0962. The zero-order valence-electron chi connectivity index (χ0n) is 33.3. The van der Waals surface area contributed by atoms with E-state index in [4.69, 9.17) is 4.42 Å². The third-order valence-corrected chi connectivity index (χ3v) is 11.9. The second-order valence-electron chi connectivity index (χ2n) is 15.4. The van der Waals surface area contributed by atoms with Crippen molar-refractivity contribution in [3.8, 4) is 33.4 Å². The zero-order valence-corrected chi connectivity index (χ0v) is 33.3. The summed E-state index contributed by atoms with van der Waals surface area (Å²) in [6.45, 7) is 12.3. The van der Waals surface area contributed by atoms with Crippen molar-refractivity contribution in [3.05, 3.63) is 238 Å². The lowest BCUT2D eigenvalue weighted by Gasteiger charge is -2.27. The van der Waals surface area contributed by atoms with E-state index in [1.165, 1.54) is 32.7 Å². The van der Waals surface area contributed by atoms with E-state index < -0.39 is 0 Å². The molecular formula is C58H43NO. The molecule has 286 valence electrons. The van der Waals surface area contributed by atoms with Crippen LogP contribution in [0.2, 0.25) is 0 Å². The van der Waals surface area contributed by atoms with Crippen LogP contribution in [-0.4, -0.2) is 0 Å². The van der Waals surface area contributed by atoms with Gasteiger partial charge in [0.2, 0.25) is 0 Å². The molecule has 0 N–H and O–H groups in total. The molecule has 60 heavy (non-hydrogen) atoms. The van der Waals surface area contributed by atoms with Crippen molar-refractivity contribution in [1.29, 1.82) is 0 Å². The normalized spacial score (nSPS) is 11.9. The fourth-order valence-electron chi connectivity index (χ4n) is 8.87. The highest BCUT2D eigenvalue weighted by atomic mass is 16.3. The second kappa shape index (κ2) is 15.6. The maximum absolute atomic E-state index is 6.45. The van der Waals surface area contributed by atoms with E-state index in [9.17, 15) is 0 Å². The molecule has 1 unspecified atom stereocenters. The van der Waals surface area contributed by atoms with Crippen LogP contribution in [0.15, 0.2) is 237 Å². The summed E-state index contributed by atoms with van der Waals surface area (Å²) in [4.78, 5) is 2.36. The Hall–Kier alpha value is -7.68. The fraction of sp³-hybridized carbons (Fsp3) is 0.0345. The smallest absolute Gasteiger partial charge is 0.143 e. The molecule has 0 radical (unpaired) electrons. The minimum absolute atomic E-state index is 0.0828. The van der Waals surface area contributed by atoms with Gasteiger partial charge in [0.25, 0.3) is 0 Å². The van der Waals surface area contributed by atoms with Crippen LogP contribution < -0.4 is 4.90 Å². The minimum Gasteiger partial charge on any atom is -0.455 e. The van der Waals surface area contributed by atoms with Crippen molar-refractivity contribution in [2.45, 2.75) is 5.92 Å². The van der Waals surface area contributed by atoms with Gasteiger partial charge in [0.1, 0.15) is 11.2 Å². The summed E-state index contributed by atoms with van der Waals surface area (Å²) < 4.78 is 6.45. The number of furan rings is 1. The van der Waals surface area contributed by atoms with E-state index in [0.29, 0.717) is 0 Å². The largest absolute Gasteiger partial charge is 0.455 e. The summed E-state index contributed by atoms with van der Waals surface area (Å²) in [6.07, 6.45) is 5.89. The minimum atomic E-state index is 0.0828. The van der Waals surface area contributed by atoms with Gasteiger partial charge in [-0.2, -0.15) is 0 Å². The van der Waals surface area contributed by atoms with Crippen LogP contribution in [0.1, 0.15) is 11.5 Å². The number of rotatable bonds is 11. The molecule has 0 saturated carbocycles. The maximum Gasteiger partial charge on any atom is 0.143 e. The summed E-state index contributed by atoms with van der Waals surface area (Å²) in [7, 11) is 0. The Kier molecular flexibility index (Phi) is 9.52. The molecule has 1 aromatic heterocycles. The first-order valence-corrected chi connectivity index (χ1v) is 20.5. The summed E-state index contributed by atoms with van der Waals surface area (Å²) in [5.74, 6) is 0.175. The lowest BCUT2D eigenvalue weighted by Crippen LogP contribution is -2.10. The molecule has 10 aromatic rings. The molecule has 9 aromatic carbocycles. The van der Waals surface area contributed by atoms with Gasteiger partial charge in [0.05, 0.1) is 0 Å². The van der Waals surface area contributed by atoms with E-state index in [1.54, 1.807) is 0 Å². The average Bonchev–Trinajstić information content (AvgIpc) is 3.70. The van der Waals surface area contributed by atoms with Crippen LogP contribution >= 0.6 is 0 Å². The highest BCUT2D eigenvalue weighted by Gasteiger charge is 2.19. The van der Waals surface area contributed by atoms with Gasteiger partial charge in [-0.15, -0.1) is 19.7 Å². The molecule has 0 aliphatic rings. The molecule has 2 nitrogen and oxygen atoms in total. The Morgan fingerprint density at radius 2 is 0.967 bits per heavy atom. The number of fused-ring (bicyclic) bond motifs is 6. The van der Waals surface area contributed by atoms with Gasteiger partial charge in [-0.3, -0.25) is 0 Å². The Labute approximate surface area is 351 Å². The van der Waals surface area contributed by atoms with Crippen LogP contribution in [0, 0.1) is 5.92 Å².